The van der Waals surface area contributed by atoms with Crippen molar-refractivity contribution in [3.63, 3.8) is 0 Å². The van der Waals surface area contributed by atoms with Gasteiger partial charge in [0, 0.05) is 6.04 Å². The van der Waals surface area contributed by atoms with Gasteiger partial charge >= 0.3 is 0 Å². The van der Waals surface area contributed by atoms with Crippen molar-refractivity contribution in [3.05, 3.63) is 11.6 Å². The predicted octanol–water partition coefficient (Wildman–Crippen LogP) is 2.09. The second-order valence-corrected chi connectivity index (χ2v) is 3.07. The van der Waals surface area contributed by atoms with Crippen LogP contribution in [0.5, 0.6) is 0 Å². The molecule has 0 spiro atoms. The summed E-state index contributed by atoms with van der Waals surface area (Å²) in [5.74, 6) is 0. The highest BCUT2D eigenvalue weighted by Gasteiger charge is 2.10. The maximum Gasteiger partial charge on any atom is 0.0252 e. The van der Waals surface area contributed by atoms with Gasteiger partial charge in [-0.3, -0.25) is 0 Å². The van der Waals surface area contributed by atoms with Crippen LogP contribution < -0.4 is 5.32 Å². The number of hydrogen-bond donors (Lipinski definition) is 1. The predicted molar refractivity (Wildman–Crippen MR) is 45.1 cm³/mol. The molecule has 1 atom stereocenters. The molecule has 1 heterocycles. The first-order valence-corrected chi connectivity index (χ1v) is 4.23. The minimum absolute atomic E-state index is 0.681. The van der Waals surface area contributed by atoms with Crippen molar-refractivity contribution in [2.45, 2.75) is 39.2 Å². The highest BCUT2D eigenvalue weighted by molar-refractivity contribution is 5.04. The lowest BCUT2D eigenvalue weighted by Crippen LogP contribution is -2.18. The van der Waals surface area contributed by atoms with Gasteiger partial charge in [0.1, 0.15) is 0 Å². The van der Waals surface area contributed by atoms with Crippen molar-refractivity contribution in [2.75, 3.05) is 6.54 Å². The number of nitrogens with one attached hydrogen (secondary N) is 1. The SMILES string of the molecule is CC/C(C)=C/C1CCCN1. The van der Waals surface area contributed by atoms with Crippen molar-refractivity contribution in [2.24, 2.45) is 0 Å². The van der Waals surface area contributed by atoms with Crippen molar-refractivity contribution in [1.82, 2.24) is 5.32 Å². The van der Waals surface area contributed by atoms with Gasteiger partial charge in [-0.15, -0.1) is 0 Å². The second-order valence-electron chi connectivity index (χ2n) is 3.07. The topological polar surface area (TPSA) is 12.0 Å². The van der Waals surface area contributed by atoms with Crippen LogP contribution in [-0.2, 0) is 0 Å². The molecule has 0 saturated carbocycles. The molecule has 1 aliphatic rings. The molecule has 0 amide bonds. The van der Waals surface area contributed by atoms with E-state index in [2.05, 4.69) is 25.2 Å². The van der Waals surface area contributed by atoms with Gasteiger partial charge in [0.25, 0.3) is 0 Å². The number of hydrogen-bond acceptors (Lipinski definition) is 1. The van der Waals surface area contributed by atoms with Crippen molar-refractivity contribution < 1.29 is 0 Å². The summed E-state index contributed by atoms with van der Waals surface area (Å²) in [5, 5.41) is 3.45. The maximum atomic E-state index is 3.45. The zero-order valence-corrected chi connectivity index (χ0v) is 6.98. The van der Waals surface area contributed by atoms with Gasteiger partial charge in [0.05, 0.1) is 0 Å². The molecule has 1 unspecified atom stereocenters. The molecule has 0 radical (unpaired) electrons. The van der Waals surface area contributed by atoms with Gasteiger partial charge in [-0.1, -0.05) is 18.6 Å². The molecule has 1 aliphatic heterocycles. The van der Waals surface area contributed by atoms with E-state index in [1.54, 1.807) is 0 Å². The third kappa shape index (κ3) is 2.14. The molecule has 0 aromatic rings. The zero-order valence-electron chi connectivity index (χ0n) is 6.98. The highest BCUT2D eigenvalue weighted by Crippen LogP contribution is 2.09. The highest BCUT2D eigenvalue weighted by atomic mass is 14.9. The molecule has 1 rings (SSSR count). The molecule has 58 valence electrons. The molecular formula is C9H17N. The lowest BCUT2D eigenvalue weighted by molar-refractivity contribution is 0.719. The number of allylic oxidation sites excluding steroid dienone is 1. The minimum Gasteiger partial charge on any atom is -0.311 e. The molecule has 1 fully saturated rings. The third-order valence-electron chi connectivity index (χ3n) is 2.14. The first-order valence-electron chi connectivity index (χ1n) is 4.23. The Morgan fingerprint density at radius 1 is 1.70 bits per heavy atom. The van der Waals surface area contributed by atoms with Crippen LogP contribution in [-0.4, -0.2) is 12.6 Å². The zero-order chi connectivity index (χ0) is 7.40. The Kier molecular flexibility index (Phi) is 2.94. The van der Waals surface area contributed by atoms with Gasteiger partial charge in [0.2, 0.25) is 0 Å². The van der Waals surface area contributed by atoms with E-state index in [9.17, 15) is 0 Å². The Morgan fingerprint density at radius 2 is 2.50 bits per heavy atom. The van der Waals surface area contributed by atoms with Crippen LogP contribution >= 0.6 is 0 Å². The van der Waals surface area contributed by atoms with Crippen LogP contribution in [0.25, 0.3) is 0 Å². The van der Waals surface area contributed by atoms with Crippen molar-refractivity contribution in [3.8, 4) is 0 Å². The Labute approximate surface area is 63.5 Å². The first kappa shape index (κ1) is 7.80. The lowest BCUT2D eigenvalue weighted by Gasteiger charge is -2.04. The molecule has 1 saturated heterocycles. The van der Waals surface area contributed by atoms with Gasteiger partial charge in [-0.2, -0.15) is 0 Å². The van der Waals surface area contributed by atoms with E-state index in [1.165, 1.54) is 31.4 Å². The minimum atomic E-state index is 0.681. The molecular weight excluding hydrogens is 122 g/mol. The molecule has 0 aromatic heterocycles. The Hall–Kier alpha value is -0.300. The maximum absolute atomic E-state index is 3.45. The largest absolute Gasteiger partial charge is 0.311 e. The Bertz CT molecular complexity index is 121. The molecule has 1 heteroatoms. The van der Waals surface area contributed by atoms with E-state index in [0.717, 1.165) is 0 Å². The average Bonchev–Trinajstić information content (AvgIpc) is 2.40. The summed E-state index contributed by atoms with van der Waals surface area (Å²) in [6.07, 6.45) is 6.24. The van der Waals surface area contributed by atoms with E-state index in [0.29, 0.717) is 6.04 Å². The average molecular weight is 139 g/mol. The van der Waals surface area contributed by atoms with Crippen LogP contribution in [0.1, 0.15) is 33.1 Å². The van der Waals surface area contributed by atoms with Gasteiger partial charge in [-0.05, 0) is 32.7 Å². The molecule has 1 nitrogen and oxygen atoms in total. The van der Waals surface area contributed by atoms with E-state index in [4.69, 9.17) is 0 Å². The summed E-state index contributed by atoms with van der Waals surface area (Å²) >= 11 is 0. The normalized spacial score (nSPS) is 27.4. The van der Waals surface area contributed by atoms with E-state index < -0.39 is 0 Å². The Balaban J connectivity index is 2.34. The summed E-state index contributed by atoms with van der Waals surface area (Å²) in [7, 11) is 0. The molecule has 10 heavy (non-hydrogen) atoms. The van der Waals surface area contributed by atoms with E-state index in [-0.39, 0.29) is 0 Å². The molecule has 0 aromatic carbocycles. The first-order chi connectivity index (χ1) is 4.83. The molecule has 0 aliphatic carbocycles. The van der Waals surface area contributed by atoms with Gasteiger partial charge in [-0.25, -0.2) is 0 Å². The van der Waals surface area contributed by atoms with Crippen LogP contribution in [0, 0.1) is 0 Å². The third-order valence-corrected chi connectivity index (χ3v) is 2.14. The summed E-state index contributed by atoms with van der Waals surface area (Å²) in [5.41, 5.74) is 1.51. The fourth-order valence-corrected chi connectivity index (χ4v) is 1.32. The standard InChI is InChI=1S/C9H17N/c1-3-8(2)7-9-5-4-6-10-9/h7,9-10H,3-6H2,1-2H3/b8-7+. The summed E-state index contributed by atoms with van der Waals surface area (Å²) in [6.45, 7) is 5.62. The fraction of sp³-hybridized carbons (Fsp3) is 0.778. The molecule has 1 N–H and O–H groups in total. The van der Waals surface area contributed by atoms with Crippen LogP contribution in [0.3, 0.4) is 0 Å². The van der Waals surface area contributed by atoms with Crippen LogP contribution in [0.15, 0.2) is 11.6 Å². The second kappa shape index (κ2) is 3.77. The summed E-state index contributed by atoms with van der Waals surface area (Å²) in [4.78, 5) is 0. The van der Waals surface area contributed by atoms with Crippen LogP contribution in [0.4, 0.5) is 0 Å². The smallest absolute Gasteiger partial charge is 0.0252 e. The number of rotatable bonds is 2. The van der Waals surface area contributed by atoms with E-state index >= 15 is 0 Å². The van der Waals surface area contributed by atoms with Crippen molar-refractivity contribution in [1.29, 1.82) is 0 Å². The van der Waals surface area contributed by atoms with Gasteiger partial charge < -0.3 is 5.32 Å². The van der Waals surface area contributed by atoms with Crippen LogP contribution in [0.2, 0.25) is 0 Å². The van der Waals surface area contributed by atoms with Gasteiger partial charge in [0.15, 0.2) is 0 Å². The lowest BCUT2D eigenvalue weighted by atomic mass is 10.1. The quantitative estimate of drug-likeness (QED) is 0.578. The molecule has 0 bridgehead atoms. The monoisotopic (exact) mass is 139 g/mol. The fourth-order valence-electron chi connectivity index (χ4n) is 1.32. The summed E-state index contributed by atoms with van der Waals surface area (Å²) < 4.78 is 0. The van der Waals surface area contributed by atoms with E-state index in [1.807, 2.05) is 0 Å². The Morgan fingerprint density at radius 3 is 3.00 bits per heavy atom. The van der Waals surface area contributed by atoms with Crippen molar-refractivity contribution >= 4 is 0 Å². The summed E-state index contributed by atoms with van der Waals surface area (Å²) in [6, 6.07) is 0.681.